The Balaban J connectivity index is 2.15. The van der Waals surface area contributed by atoms with Crippen LogP contribution in [0.2, 0.25) is 0 Å². The van der Waals surface area contributed by atoms with E-state index in [2.05, 4.69) is 12.1 Å². The van der Waals surface area contributed by atoms with Crippen LogP contribution in [-0.2, 0) is 20.7 Å². The van der Waals surface area contributed by atoms with Crippen molar-refractivity contribution in [2.45, 2.75) is 18.9 Å². The first-order valence-corrected chi connectivity index (χ1v) is 5.82. The molecule has 1 aromatic rings. The lowest BCUT2D eigenvalue weighted by molar-refractivity contribution is -0.136. The van der Waals surface area contributed by atoms with Crippen LogP contribution >= 0.6 is 0 Å². The second kappa shape index (κ2) is 4.00. The fraction of sp³-hybridized carbons (Fsp3) is 0.357. The number of rotatable bonds is 1. The minimum absolute atomic E-state index is 0.0685. The number of esters is 1. The van der Waals surface area contributed by atoms with Crippen molar-refractivity contribution >= 4 is 11.5 Å². The van der Waals surface area contributed by atoms with Gasteiger partial charge in [0.25, 0.3) is 0 Å². The van der Waals surface area contributed by atoms with Crippen molar-refractivity contribution in [1.82, 2.24) is 0 Å². The lowest BCUT2D eigenvalue weighted by Gasteiger charge is -2.23. The molecular weight excluding hydrogens is 216 g/mol. The fourth-order valence-corrected chi connectivity index (χ4v) is 2.68. The van der Waals surface area contributed by atoms with Gasteiger partial charge in [0.1, 0.15) is 0 Å². The summed E-state index contributed by atoms with van der Waals surface area (Å²) in [6.45, 7) is 0.376. The number of hydrogen-bond donors (Lipinski definition) is 0. The van der Waals surface area contributed by atoms with Crippen molar-refractivity contribution in [1.29, 1.82) is 0 Å². The Morgan fingerprint density at radius 2 is 2.24 bits per heavy atom. The van der Waals surface area contributed by atoms with Crippen LogP contribution in [0.3, 0.4) is 0 Å². The molecule has 1 unspecified atom stereocenters. The van der Waals surface area contributed by atoms with Gasteiger partial charge < -0.3 is 9.47 Å². The molecule has 0 spiro atoms. The third kappa shape index (κ3) is 1.58. The number of methoxy groups -OCH3 is 1. The monoisotopic (exact) mass is 230 g/mol. The summed E-state index contributed by atoms with van der Waals surface area (Å²) in [5.74, 6) is -0.265. The molecule has 3 nitrogen and oxygen atoms in total. The second-order valence-corrected chi connectivity index (χ2v) is 4.38. The molecule has 1 aliphatic heterocycles. The van der Waals surface area contributed by atoms with Crippen LogP contribution in [-0.4, -0.2) is 25.8 Å². The van der Waals surface area contributed by atoms with Gasteiger partial charge >= 0.3 is 5.97 Å². The number of benzene rings is 1. The van der Waals surface area contributed by atoms with E-state index in [4.69, 9.17) is 9.47 Å². The van der Waals surface area contributed by atoms with Crippen LogP contribution in [0.1, 0.15) is 17.5 Å². The highest BCUT2D eigenvalue weighted by Crippen LogP contribution is 2.39. The molecule has 1 aliphatic carbocycles. The van der Waals surface area contributed by atoms with E-state index in [1.165, 1.54) is 12.7 Å². The zero-order chi connectivity index (χ0) is 11.8. The molecule has 17 heavy (non-hydrogen) atoms. The van der Waals surface area contributed by atoms with Crippen molar-refractivity contribution in [3.63, 3.8) is 0 Å². The van der Waals surface area contributed by atoms with Crippen molar-refractivity contribution < 1.29 is 14.3 Å². The Hall–Kier alpha value is -1.61. The number of ether oxygens (including phenoxy) is 2. The number of carbonyl (C=O) groups is 1. The maximum atomic E-state index is 11.7. The van der Waals surface area contributed by atoms with Crippen molar-refractivity contribution in [3.8, 4) is 0 Å². The van der Waals surface area contributed by atoms with E-state index < -0.39 is 0 Å². The third-order valence-corrected chi connectivity index (χ3v) is 3.49. The summed E-state index contributed by atoms with van der Waals surface area (Å²) in [6, 6.07) is 8.22. The van der Waals surface area contributed by atoms with Crippen molar-refractivity contribution in [2.24, 2.45) is 0 Å². The SMILES string of the molecule is COC(=O)C1=C2c3ccccc3CCC2OC1. The number of aryl methyl sites for hydroxylation is 1. The Morgan fingerprint density at radius 1 is 1.41 bits per heavy atom. The fourth-order valence-electron chi connectivity index (χ4n) is 2.68. The van der Waals surface area contributed by atoms with E-state index in [1.807, 2.05) is 12.1 Å². The molecule has 1 heterocycles. The summed E-state index contributed by atoms with van der Waals surface area (Å²) >= 11 is 0. The summed E-state index contributed by atoms with van der Waals surface area (Å²) in [5.41, 5.74) is 4.18. The maximum Gasteiger partial charge on any atom is 0.336 e. The Bertz CT molecular complexity index is 502. The first-order valence-electron chi connectivity index (χ1n) is 5.82. The van der Waals surface area contributed by atoms with Gasteiger partial charge in [0.05, 0.1) is 25.4 Å². The molecule has 0 bridgehead atoms. The van der Waals surface area contributed by atoms with Gasteiger partial charge in [-0.15, -0.1) is 0 Å². The average Bonchev–Trinajstić information content (AvgIpc) is 2.82. The minimum Gasteiger partial charge on any atom is -0.466 e. The van der Waals surface area contributed by atoms with Crippen LogP contribution in [0.15, 0.2) is 29.8 Å². The lowest BCUT2D eigenvalue weighted by atomic mass is 9.84. The van der Waals surface area contributed by atoms with Crippen LogP contribution in [0.5, 0.6) is 0 Å². The minimum atomic E-state index is -0.265. The summed E-state index contributed by atoms with van der Waals surface area (Å²) in [4.78, 5) is 11.7. The van der Waals surface area contributed by atoms with Crippen molar-refractivity contribution in [2.75, 3.05) is 13.7 Å². The molecule has 0 aromatic heterocycles. The molecule has 2 aliphatic rings. The first kappa shape index (κ1) is 10.5. The molecule has 0 radical (unpaired) electrons. The molecule has 0 saturated heterocycles. The Morgan fingerprint density at radius 3 is 3.06 bits per heavy atom. The molecule has 0 amide bonds. The highest BCUT2D eigenvalue weighted by Gasteiger charge is 2.35. The van der Waals surface area contributed by atoms with E-state index >= 15 is 0 Å². The van der Waals surface area contributed by atoms with Gasteiger partial charge in [0.2, 0.25) is 0 Å². The number of hydrogen-bond acceptors (Lipinski definition) is 3. The molecule has 0 N–H and O–H groups in total. The van der Waals surface area contributed by atoms with E-state index in [-0.39, 0.29) is 12.1 Å². The molecule has 1 atom stereocenters. The molecular formula is C14H14O3. The highest BCUT2D eigenvalue weighted by atomic mass is 16.5. The van der Waals surface area contributed by atoms with Crippen LogP contribution < -0.4 is 0 Å². The highest BCUT2D eigenvalue weighted by molar-refractivity contribution is 6.00. The second-order valence-electron chi connectivity index (χ2n) is 4.38. The van der Waals surface area contributed by atoms with Gasteiger partial charge in [-0.05, 0) is 24.0 Å². The first-order chi connectivity index (χ1) is 8.31. The summed E-state index contributed by atoms with van der Waals surface area (Å²) in [6.07, 6.45) is 2.03. The third-order valence-electron chi connectivity index (χ3n) is 3.49. The molecule has 1 aromatic carbocycles. The van der Waals surface area contributed by atoms with Gasteiger partial charge in [0, 0.05) is 5.57 Å². The van der Waals surface area contributed by atoms with Gasteiger partial charge in [-0.2, -0.15) is 0 Å². The zero-order valence-electron chi connectivity index (χ0n) is 9.73. The van der Waals surface area contributed by atoms with Gasteiger partial charge in [-0.3, -0.25) is 0 Å². The smallest absolute Gasteiger partial charge is 0.336 e. The standard InChI is InChI=1S/C14H14O3/c1-16-14(15)11-8-17-12-7-6-9-4-2-3-5-10(9)13(11)12/h2-5,12H,6-8H2,1H3. The average molecular weight is 230 g/mol. The molecule has 3 rings (SSSR count). The van der Waals surface area contributed by atoms with E-state index in [0.717, 1.165) is 24.0 Å². The largest absolute Gasteiger partial charge is 0.466 e. The van der Waals surface area contributed by atoms with E-state index in [9.17, 15) is 4.79 Å². The summed E-state index contributed by atoms with van der Waals surface area (Å²) in [7, 11) is 1.41. The zero-order valence-corrected chi connectivity index (χ0v) is 9.73. The van der Waals surface area contributed by atoms with Gasteiger partial charge in [-0.1, -0.05) is 24.3 Å². The quantitative estimate of drug-likeness (QED) is 0.692. The van der Waals surface area contributed by atoms with Crippen LogP contribution in [0.25, 0.3) is 5.57 Å². The predicted octanol–water partition coefficient (Wildman–Crippen LogP) is 1.96. The predicted molar refractivity (Wildman–Crippen MR) is 63.4 cm³/mol. The van der Waals surface area contributed by atoms with E-state index in [1.54, 1.807) is 0 Å². The molecule has 88 valence electrons. The number of carbonyl (C=O) groups excluding carboxylic acids is 1. The van der Waals surface area contributed by atoms with Gasteiger partial charge in [-0.25, -0.2) is 4.79 Å². The lowest BCUT2D eigenvalue weighted by Crippen LogP contribution is -2.17. The number of fused-ring (bicyclic) bond motifs is 3. The topological polar surface area (TPSA) is 35.5 Å². The normalized spacial score (nSPS) is 22.1. The summed E-state index contributed by atoms with van der Waals surface area (Å²) < 4.78 is 10.5. The molecule has 3 heteroatoms. The molecule has 0 saturated carbocycles. The van der Waals surface area contributed by atoms with Crippen LogP contribution in [0, 0.1) is 0 Å². The Labute approximate surface area is 100 Å². The van der Waals surface area contributed by atoms with Crippen molar-refractivity contribution in [3.05, 3.63) is 41.0 Å². The molecule has 0 fully saturated rings. The Kier molecular flexibility index (Phi) is 2.48. The maximum absolute atomic E-state index is 11.7. The van der Waals surface area contributed by atoms with Crippen LogP contribution in [0.4, 0.5) is 0 Å². The van der Waals surface area contributed by atoms with Gasteiger partial charge in [0.15, 0.2) is 0 Å². The van der Waals surface area contributed by atoms with E-state index in [0.29, 0.717) is 12.2 Å². The summed E-state index contributed by atoms with van der Waals surface area (Å²) in [5, 5.41) is 0.